The molecule has 4 rings (SSSR count). The highest BCUT2D eigenvalue weighted by atomic mass is 16.1. The van der Waals surface area contributed by atoms with E-state index in [-0.39, 0.29) is 5.78 Å². The molecule has 2 nitrogen and oxygen atoms in total. The van der Waals surface area contributed by atoms with E-state index in [1.807, 2.05) is 19.9 Å². The molecule has 0 aliphatic carbocycles. The summed E-state index contributed by atoms with van der Waals surface area (Å²) >= 11 is 0. The maximum absolute atomic E-state index is 13.2. The van der Waals surface area contributed by atoms with Gasteiger partial charge in [-0.3, -0.25) is 4.79 Å². The molecule has 0 unspecified atom stereocenters. The lowest BCUT2D eigenvalue weighted by atomic mass is 9.92. The highest BCUT2D eigenvalue weighted by Crippen LogP contribution is 2.31. The molecule has 0 fully saturated rings. The standard InChI is InChI=1S/C24H23NO/c1-14-6-8-21-19(12-14)20-13-18(7-9-22(20)25(21)5)24(26)23-16(3)10-15(2)11-17(23)4/h6-13H,1-5H3. The van der Waals surface area contributed by atoms with Crippen molar-refractivity contribution >= 4 is 27.6 Å². The van der Waals surface area contributed by atoms with E-state index in [0.717, 1.165) is 33.2 Å². The van der Waals surface area contributed by atoms with Gasteiger partial charge in [0.1, 0.15) is 0 Å². The van der Waals surface area contributed by atoms with Gasteiger partial charge >= 0.3 is 0 Å². The van der Waals surface area contributed by atoms with Gasteiger partial charge < -0.3 is 4.57 Å². The Kier molecular flexibility index (Phi) is 3.73. The Morgan fingerprint density at radius 1 is 0.731 bits per heavy atom. The Balaban J connectivity index is 1.94. The van der Waals surface area contributed by atoms with Crippen LogP contribution in [0.3, 0.4) is 0 Å². The van der Waals surface area contributed by atoms with Gasteiger partial charge in [-0.25, -0.2) is 0 Å². The van der Waals surface area contributed by atoms with E-state index in [0.29, 0.717) is 0 Å². The zero-order chi connectivity index (χ0) is 18.6. The summed E-state index contributed by atoms with van der Waals surface area (Å²) in [7, 11) is 2.08. The number of hydrogen-bond donors (Lipinski definition) is 0. The van der Waals surface area contributed by atoms with Crippen LogP contribution in [-0.2, 0) is 7.05 Å². The molecular weight excluding hydrogens is 318 g/mol. The quantitative estimate of drug-likeness (QED) is 0.423. The van der Waals surface area contributed by atoms with Crippen LogP contribution in [-0.4, -0.2) is 10.4 Å². The molecule has 2 heteroatoms. The fourth-order valence-electron chi connectivity index (χ4n) is 4.16. The maximum atomic E-state index is 13.2. The van der Waals surface area contributed by atoms with Crippen molar-refractivity contribution in [2.45, 2.75) is 27.7 Å². The summed E-state index contributed by atoms with van der Waals surface area (Å²) in [6, 6.07) is 16.7. The molecule has 0 aliphatic rings. The summed E-state index contributed by atoms with van der Waals surface area (Å²) in [5.41, 5.74) is 8.43. The van der Waals surface area contributed by atoms with Crippen molar-refractivity contribution in [3.05, 3.63) is 81.9 Å². The lowest BCUT2D eigenvalue weighted by Gasteiger charge is -2.11. The van der Waals surface area contributed by atoms with Crippen molar-refractivity contribution < 1.29 is 4.79 Å². The van der Waals surface area contributed by atoms with Gasteiger partial charge in [-0.1, -0.05) is 29.3 Å². The van der Waals surface area contributed by atoms with Gasteiger partial charge in [0, 0.05) is 40.0 Å². The van der Waals surface area contributed by atoms with Crippen LogP contribution in [0.15, 0.2) is 48.5 Å². The predicted molar refractivity (Wildman–Crippen MR) is 109 cm³/mol. The number of hydrogen-bond acceptors (Lipinski definition) is 1. The molecule has 1 heterocycles. The Bertz CT molecular complexity index is 1170. The van der Waals surface area contributed by atoms with E-state index in [1.165, 1.54) is 22.0 Å². The van der Waals surface area contributed by atoms with Crippen molar-refractivity contribution in [3.63, 3.8) is 0 Å². The molecule has 0 spiro atoms. The average Bonchev–Trinajstić information content (AvgIpc) is 2.85. The smallest absolute Gasteiger partial charge is 0.193 e. The molecule has 26 heavy (non-hydrogen) atoms. The van der Waals surface area contributed by atoms with E-state index >= 15 is 0 Å². The first kappa shape index (κ1) is 16.6. The van der Waals surface area contributed by atoms with Gasteiger partial charge in [-0.05, 0) is 69.2 Å². The lowest BCUT2D eigenvalue weighted by molar-refractivity contribution is 0.103. The number of aryl methyl sites for hydroxylation is 5. The van der Waals surface area contributed by atoms with Gasteiger partial charge in [0.2, 0.25) is 0 Å². The van der Waals surface area contributed by atoms with Crippen LogP contribution in [0.2, 0.25) is 0 Å². The summed E-state index contributed by atoms with van der Waals surface area (Å²) in [5, 5.41) is 2.34. The monoisotopic (exact) mass is 341 g/mol. The molecule has 1 aromatic heterocycles. The van der Waals surface area contributed by atoms with Crippen molar-refractivity contribution in [1.82, 2.24) is 4.57 Å². The third-order valence-electron chi connectivity index (χ3n) is 5.33. The van der Waals surface area contributed by atoms with Crippen LogP contribution in [0.1, 0.15) is 38.2 Å². The van der Waals surface area contributed by atoms with Gasteiger partial charge in [-0.2, -0.15) is 0 Å². The highest BCUT2D eigenvalue weighted by molar-refractivity contribution is 6.15. The normalized spacial score (nSPS) is 11.4. The third kappa shape index (κ3) is 2.45. The van der Waals surface area contributed by atoms with Gasteiger partial charge in [0.15, 0.2) is 5.78 Å². The van der Waals surface area contributed by atoms with Crippen LogP contribution >= 0.6 is 0 Å². The van der Waals surface area contributed by atoms with Crippen LogP contribution in [0.5, 0.6) is 0 Å². The predicted octanol–water partition coefficient (Wildman–Crippen LogP) is 5.80. The van der Waals surface area contributed by atoms with E-state index in [4.69, 9.17) is 0 Å². The minimum atomic E-state index is 0.103. The first-order chi connectivity index (χ1) is 12.4. The maximum Gasteiger partial charge on any atom is 0.193 e. The molecule has 0 bridgehead atoms. The number of benzene rings is 3. The summed E-state index contributed by atoms with van der Waals surface area (Å²) < 4.78 is 2.20. The van der Waals surface area contributed by atoms with Crippen LogP contribution < -0.4 is 0 Å². The van der Waals surface area contributed by atoms with Gasteiger partial charge in [0.05, 0.1) is 0 Å². The van der Waals surface area contributed by atoms with E-state index in [1.54, 1.807) is 0 Å². The summed E-state index contributed by atoms with van der Waals surface area (Å²) in [6.07, 6.45) is 0. The van der Waals surface area contributed by atoms with E-state index in [9.17, 15) is 4.79 Å². The van der Waals surface area contributed by atoms with Crippen LogP contribution in [0.4, 0.5) is 0 Å². The second kappa shape index (κ2) is 5.84. The molecule has 0 saturated heterocycles. The van der Waals surface area contributed by atoms with Crippen molar-refractivity contribution in [2.24, 2.45) is 7.05 Å². The largest absolute Gasteiger partial charge is 0.344 e. The summed E-state index contributed by atoms with van der Waals surface area (Å²) in [4.78, 5) is 13.2. The number of fused-ring (bicyclic) bond motifs is 3. The molecule has 0 aliphatic heterocycles. The number of aromatic nitrogens is 1. The lowest BCUT2D eigenvalue weighted by Crippen LogP contribution is -2.06. The van der Waals surface area contributed by atoms with Gasteiger partial charge in [-0.15, -0.1) is 0 Å². The van der Waals surface area contributed by atoms with Crippen molar-refractivity contribution in [3.8, 4) is 0 Å². The fraction of sp³-hybridized carbons (Fsp3) is 0.208. The number of carbonyl (C=O) groups excluding carboxylic acids is 1. The Morgan fingerprint density at radius 2 is 1.31 bits per heavy atom. The molecule has 0 amide bonds. The molecule has 0 atom stereocenters. The Morgan fingerprint density at radius 3 is 1.96 bits per heavy atom. The number of carbonyl (C=O) groups is 1. The SMILES string of the molecule is Cc1cc(C)c(C(=O)c2ccc3c(c2)c2cc(C)ccc2n3C)c(C)c1. The molecule has 0 N–H and O–H groups in total. The van der Waals surface area contributed by atoms with Crippen LogP contribution in [0.25, 0.3) is 21.8 Å². The van der Waals surface area contributed by atoms with Crippen molar-refractivity contribution in [2.75, 3.05) is 0 Å². The zero-order valence-corrected chi connectivity index (χ0v) is 16.0. The molecule has 130 valence electrons. The van der Waals surface area contributed by atoms with Crippen LogP contribution in [0, 0.1) is 27.7 Å². The minimum absolute atomic E-state index is 0.103. The number of rotatable bonds is 2. The second-order valence-electron chi connectivity index (χ2n) is 7.41. The molecule has 3 aromatic carbocycles. The molecule has 0 saturated carbocycles. The van der Waals surface area contributed by atoms with Crippen molar-refractivity contribution in [1.29, 1.82) is 0 Å². The minimum Gasteiger partial charge on any atom is -0.344 e. The first-order valence-electron chi connectivity index (χ1n) is 8.98. The molecule has 4 aromatic rings. The first-order valence-corrected chi connectivity index (χ1v) is 8.98. The van der Waals surface area contributed by atoms with Gasteiger partial charge in [0.25, 0.3) is 0 Å². The molecule has 0 radical (unpaired) electrons. The zero-order valence-electron chi connectivity index (χ0n) is 16.0. The fourth-order valence-corrected chi connectivity index (χ4v) is 4.16. The average molecular weight is 341 g/mol. The Labute approximate surface area is 154 Å². The summed E-state index contributed by atoms with van der Waals surface area (Å²) in [6.45, 7) is 8.21. The second-order valence-corrected chi connectivity index (χ2v) is 7.41. The van der Waals surface area contributed by atoms with E-state index in [2.05, 4.69) is 67.9 Å². The summed E-state index contributed by atoms with van der Waals surface area (Å²) in [5.74, 6) is 0.103. The molecular formula is C24H23NO. The van der Waals surface area contributed by atoms with E-state index < -0.39 is 0 Å². The topological polar surface area (TPSA) is 22.0 Å². The third-order valence-corrected chi connectivity index (χ3v) is 5.33. The number of ketones is 1. The number of nitrogens with zero attached hydrogens (tertiary/aromatic N) is 1. The highest BCUT2D eigenvalue weighted by Gasteiger charge is 2.17. The Hall–Kier alpha value is -2.87.